The van der Waals surface area contributed by atoms with E-state index in [0.29, 0.717) is 14.9 Å². The van der Waals surface area contributed by atoms with Gasteiger partial charge >= 0.3 is 21.2 Å². The van der Waals surface area contributed by atoms with Crippen molar-refractivity contribution in [3.8, 4) is 5.75 Å². The van der Waals surface area contributed by atoms with Crippen LogP contribution in [0.5, 0.6) is 5.75 Å². The summed E-state index contributed by atoms with van der Waals surface area (Å²) in [5, 5.41) is 10.6. The molecule has 21 heavy (non-hydrogen) atoms. The molecule has 3 nitrogen and oxygen atoms in total. The molecule has 0 aliphatic carbocycles. The van der Waals surface area contributed by atoms with Crippen molar-refractivity contribution in [1.29, 1.82) is 0 Å². The number of benzene rings is 2. The molecule has 0 saturated carbocycles. The number of hydrogen-bond acceptors (Lipinski definition) is 3. The van der Waals surface area contributed by atoms with E-state index in [9.17, 15) is 9.90 Å². The normalized spacial score (nSPS) is 18.0. The lowest BCUT2D eigenvalue weighted by atomic mass is 10.1. The van der Waals surface area contributed by atoms with Gasteiger partial charge < -0.3 is 9.84 Å². The van der Waals surface area contributed by atoms with Gasteiger partial charge in [-0.15, -0.1) is 0 Å². The molecule has 0 bridgehead atoms. The smallest absolute Gasteiger partial charge is 0.366 e. The van der Waals surface area contributed by atoms with Crippen LogP contribution in [0.2, 0.25) is 0 Å². The molecule has 106 valence electrons. The van der Waals surface area contributed by atoms with Crippen LogP contribution in [-0.2, 0) is 4.79 Å². The second-order valence-electron chi connectivity index (χ2n) is 4.67. The quantitative estimate of drug-likeness (QED) is 0.743. The second kappa shape index (κ2) is 5.89. The molecule has 0 aromatic heterocycles. The maximum absolute atomic E-state index is 12.5. The zero-order valence-corrected chi connectivity index (χ0v) is 13.6. The number of hydrogen-bond donors (Lipinski definition) is 1. The average Bonchev–Trinajstić information content (AvgIpc) is 2.60. The Kier molecular flexibility index (Phi) is 3.96. The fraction of sp³-hybridized carbons (Fsp3) is 0.118. The summed E-state index contributed by atoms with van der Waals surface area (Å²) in [7, 11) is 0. The Bertz CT molecular complexity index is 707. The molecule has 4 heteroatoms. The molecule has 2 aromatic rings. The minimum absolute atomic E-state index is 0.0663. The molecule has 1 unspecified atom stereocenters. The number of para-hydroxylation sites is 1. The molecule has 1 N–H and O–H groups in total. The summed E-state index contributed by atoms with van der Waals surface area (Å²) >= 11 is -0.746. The predicted octanol–water partition coefficient (Wildman–Crippen LogP) is 0.222. The SMILES string of the molecule is CC1Oc2ccccc2C(O)=C([I+]c2ccccc2)C1=O. The van der Waals surface area contributed by atoms with Crippen molar-refractivity contribution in [1.82, 2.24) is 0 Å². The molecule has 1 heterocycles. The number of fused-ring (bicyclic) bond motifs is 1. The van der Waals surface area contributed by atoms with Crippen LogP contribution in [0.3, 0.4) is 0 Å². The van der Waals surface area contributed by atoms with Crippen molar-refractivity contribution < 1.29 is 35.8 Å². The summed E-state index contributed by atoms with van der Waals surface area (Å²) in [4.78, 5) is 12.5. The Hall–Kier alpha value is -1.82. The maximum atomic E-state index is 12.5. The summed E-state index contributed by atoms with van der Waals surface area (Å²) < 4.78 is 7.28. The third kappa shape index (κ3) is 2.81. The van der Waals surface area contributed by atoms with Crippen LogP contribution < -0.4 is 25.9 Å². The predicted molar refractivity (Wildman–Crippen MR) is 76.2 cm³/mol. The lowest BCUT2D eigenvalue weighted by Gasteiger charge is -2.10. The van der Waals surface area contributed by atoms with Gasteiger partial charge in [0, 0.05) is 0 Å². The first-order valence-electron chi connectivity index (χ1n) is 6.60. The van der Waals surface area contributed by atoms with Gasteiger partial charge in [0.15, 0.2) is 15.4 Å². The van der Waals surface area contributed by atoms with Gasteiger partial charge in [0.05, 0.1) is 5.56 Å². The summed E-state index contributed by atoms with van der Waals surface area (Å²) in [6.45, 7) is 1.73. The summed E-state index contributed by atoms with van der Waals surface area (Å²) in [6.07, 6.45) is -0.575. The Balaban J connectivity index is 2.09. The standard InChI is InChI=1S/C17H13IO3/c1-11-16(19)15(18-12-7-3-2-4-8-12)17(20)13-9-5-6-10-14(13)21-11/h2-11H,1H3/p+1. The molecule has 3 rings (SSSR count). The molecule has 0 fully saturated rings. The number of ether oxygens (including phenoxy) is 1. The fourth-order valence-electron chi connectivity index (χ4n) is 2.10. The van der Waals surface area contributed by atoms with Crippen LogP contribution in [0.1, 0.15) is 12.5 Å². The largest absolute Gasteiger partial charge is 0.503 e. The van der Waals surface area contributed by atoms with Crippen molar-refractivity contribution in [2.45, 2.75) is 13.0 Å². The van der Waals surface area contributed by atoms with Gasteiger partial charge in [-0.3, -0.25) is 4.79 Å². The van der Waals surface area contributed by atoms with E-state index < -0.39 is 27.3 Å². The lowest BCUT2D eigenvalue weighted by Crippen LogP contribution is -3.61. The number of Topliss-reactive ketones (excluding diaryl/α,β-unsaturated/α-hetero) is 1. The maximum Gasteiger partial charge on any atom is 0.366 e. The zero-order valence-electron chi connectivity index (χ0n) is 11.4. The Morgan fingerprint density at radius 1 is 1.05 bits per heavy atom. The van der Waals surface area contributed by atoms with Crippen molar-refractivity contribution >= 4 is 11.5 Å². The first-order valence-corrected chi connectivity index (χ1v) is 8.76. The highest BCUT2D eigenvalue weighted by atomic mass is 127. The molecule has 1 aliphatic rings. The topological polar surface area (TPSA) is 46.5 Å². The summed E-state index contributed by atoms with van der Waals surface area (Å²) in [5.74, 6) is 0.500. The van der Waals surface area contributed by atoms with Crippen LogP contribution in [0.15, 0.2) is 58.2 Å². The molecule has 0 amide bonds. The van der Waals surface area contributed by atoms with Gasteiger partial charge in [-0.05, 0) is 31.2 Å². The van der Waals surface area contributed by atoms with Crippen molar-refractivity contribution in [3.63, 3.8) is 0 Å². The van der Waals surface area contributed by atoms with Crippen LogP contribution >= 0.6 is 0 Å². The van der Waals surface area contributed by atoms with Gasteiger partial charge in [-0.25, -0.2) is 0 Å². The molecular formula is C17H14IO3+. The summed E-state index contributed by atoms with van der Waals surface area (Å²) in [6, 6.07) is 17.0. The van der Waals surface area contributed by atoms with E-state index in [2.05, 4.69) is 0 Å². The van der Waals surface area contributed by atoms with Crippen molar-refractivity contribution in [2.24, 2.45) is 0 Å². The van der Waals surface area contributed by atoms with Gasteiger partial charge in [0.25, 0.3) is 9.36 Å². The number of halogens is 1. The second-order valence-corrected chi connectivity index (χ2v) is 7.54. The molecule has 0 saturated heterocycles. The van der Waals surface area contributed by atoms with E-state index in [1.165, 1.54) is 0 Å². The van der Waals surface area contributed by atoms with Gasteiger partial charge in [-0.2, -0.15) is 0 Å². The van der Waals surface area contributed by atoms with Crippen LogP contribution in [-0.4, -0.2) is 17.0 Å². The van der Waals surface area contributed by atoms with Crippen LogP contribution in [0, 0.1) is 3.57 Å². The minimum Gasteiger partial charge on any atom is -0.503 e. The van der Waals surface area contributed by atoms with Crippen molar-refractivity contribution in [2.75, 3.05) is 0 Å². The van der Waals surface area contributed by atoms with E-state index >= 15 is 0 Å². The van der Waals surface area contributed by atoms with E-state index in [4.69, 9.17) is 4.74 Å². The Labute approximate surface area is 133 Å². The highest BCUT2D eigenvalue weighted by molar-refractivity contribution is 6.02. The van der Waals surface area contributed by atoms with E-state index in [0.717, 1.165) is 3.57 Å². The first-order chi connectivity index (χ1) is 10.2. The molecule has 0 radical (unpaired) electrons. The number of carbonyl (C=O) groups excluding carboxylic acids is 1. The fourth-order valence-corrected chi connectivity index (χ4v) is 4.75. The molecule has 1 atom stereocenters. The summed E-state index contributed by atoms with van der Waals surface area (Å²) in [5.41, 5.74) is 0.598. The average molecular weight is 393 g/mol. The number of aliphatic hydroxyl groups is 1. The van der Waals surface area contributed by atoms with E-state index in [-0.39, 0.29) is 11.5 Å². The van der Waals surface area contributed by atoms with Gasteiger partial charge in [0.1, 0.15) is 5.75 Å². The zero-order chi connectivity index (χ0) is 14.8. The highest BCUT2D eigenvalue weighted by Crippen LogP contribution is 2.29. The van der Waals surface area contributed by atoms with Crippen LogP contribution in [0.25, 0.3) is 5.76 Å². The number of aliphatic hydroxyl groups excluding tert-OH is 1. The van der Waals surface area contributed by atoms with Crippen LogP contribution in [0.4, 0.5) is 0 Å². The third-order valence-electron chi connectivity index (χ3n) is 3.18. The van der Waals surface area contributed by atoms with Crippen molar-refractivity contribution in [3.05, 3.63) is 67.3 Å². The lowest BCUT2D eigenvalue weighted by molar-refractivity contribution is -0.570. The third-order valence-corrected chi connectivity index (χ3v) is 6.10. The Morgan fingerprint density at radius 2 is 1.71 bits per heavy atom. The monoisotopic (exact) mass is 393 g/mol. The first kappa shape index (κ1) is 14.1. The van der Waals surface area contributed by atoms with E-state index in [1.54, 1.807) is 19.1 Å². The number of carbonyl (C=O) groups is 1. The molecule has 1 aliphatic heterocycles. The molecule has 2 aromatic carbocycles. The highest BCUT2D eigenvalue weighted by Gasteiger charge is 2.39. The Morgan fingerprint density at radius 3 is 2.48 bits per heavy atom. The number of ketones is 1. The van der Waals surface area contributed by atoms with E-state index in [1.807, 2.05) is 42.5 Å². The number of rotatable bonds is 2. The van der Waals surface area contributed by atoms with Gasteiger partial charge in [-0.1, -0.05) is 30.3 Å². The molecule has 0 spiro atoms. The minimum atomic E-state index is -0.746. The van der Waals surface area contributed by atoms with Gasteiger partial charge in [0.2, 0.25) is 0 Å². The molecular weight excluding hydrogens is 379 g/mol.